The summed E-state index contributed by atoms with van der Waals surface area (Å²) in [5, 5.41) is 10.1. The lowest BCUT2D eigenvalue weighted by Crippen LogP contribution is -2.51. The van der Waals surface area contributed by atoms with Crippen molar-refractivity contribution in [2.75, 3.05) is 51.8 Å². The van der Waals surface area contributed by atoms with Gasteiger partial charge >= 0.3 is 0 Å². The second-order valence-electron chi connectivity index (χ2n) is 8.72. The van der Waals surface area contributed by atoms with E-state index in [0.29, 0.717) is 6.04 Å². The number of benzene rings is 2. The van der Waals surface area contributed by atoms with Gasteiger partial charge in [0.15, 0.2) is 11.6 Å². The molecule has 2 atom stereocenters. The van der Waals surface area contributed by atoms with Crippen LogP contribution in [0, 0.1) is 30.4 Å². The first-order valence-electron chi connectivity index (χ1n) is 12.6. The van der Waals surface area contributed by atoms with Gasteiger partial charge in [-0.2, -0.15) is 5.06 Å². The number of primary amides is 1. The number of ether oxygens (including phenoxy) is 1. The van der Waals surface area contributed by atoms with Crippen LogP contribution in [0.3, 0.4) is 0 Å². The monoisotopic (exact) mass is 546 g/mol. The van der Waals surface area contributed by atoms with E-state index in [9.17, 15) is 8.78 Å². The SMILES string of the molecule is C#C.CCN1C[C@@H](NCC(C)/C(=N\Nc2ccccc2)OC2CN(C)C2)CO1.Fc1ccccc1F.NC=O. The molecule has 2 aliphatic rings. The number of nitrogens with one attached hydrogen (secondary N) is 2. The van der Waals surface area contributed by atoms with E-state index in [4.69, 9.17) is 14.4 Å². The normalized spacial score (nSPS) is 18.0. The number of hydrazone groups is 1. The molecule has 4 rings (SSSR count). The zero-order valence-corrected chi connectivity index (χ0v) is 22.8. The van der Waals surface area contributed by atoms with Gasteiger partial charge in [-0.25, -0.2) is 8.78 Å². The summed E-state index contributed by atoms with van der Waals surface area (Å²) < 4.78 is 30.0. The van der Waals surface area contributed by atoms with E-state index in [1.165, 1.54) is 12.1 Å². The Morgan fingerprint density at radius 1 is 1.15 bits per heavy atom. The minimum atomic E-state index is -0.799. The third-order valence-corrected chi connectivity index (χ3v) is 5.58. The van der Waals surface area contributed by atoms with E-state index in [-0.39, 0.29) is 18.4 Å². The average molecular weight is 547 g/mol. The van der Waals surface area contributed by atoms with Crippen LogP contribution in [-0.4, -0.2) is 80.8 Å². The molecule has 9 nitrogen and oxygen atoms in total. The molecule has 39 heavy (non-hydrogen) atoms. The second-order valence-corrected chi connectivity index (χ2v) is 8.72. The third kappa shape index (κ3) is 13.2. The van der Waals surface area contributed by atoms with Crippen molar-refractivity contribution >= 4 is 18.0 Å². The molecule has 0 saturated carbocycles. The molecule has 2 saturated heterocycles. The van der Waals surface area contributed by atoms with Crippen molar-refractivity contribution in [1.82, 2.24) is 15.3 Å². The number of nitrogens with zero attached hydrogens (tertiary/aromatic N) is 3. The van der Waals surface area contributed by atoms with E-state index >= 15 is 0 Å². The Kier molecular flexibility index (Phi) is 16.7. The molecule has 214 valence electrons. The number of anilines is 1. The summed E-state index contributed by atoms with van der Waals surface area (Å²) >= 11 is 0. The standard InChI is InChI=1S/C19H31N5O2.C6H4F2.C2H2.CH3NO/c1-4-24-11-17(14-25-24)20-10-15(2)19(26-18-12-23(3)13-18)22-21-16-8-6-5-7-9-16;7-5-3-1-2-4-6(5)8;1-2;2-1-3/h5-9,15,17-18,20-21H,4,10-14H2,1-3H3;1-4H;1-2H;1H,(H2,2,3)/b22-19+;;;/t15?,17-;;;/m1.../s1. The van der Waals surface area contributed by atoms with Gasteiger partial charge in [0.25, 0.3) is 0 Å². The number of carbonyl (C=O) groups is 1. The molecule has 0 bridgehead atoms. The Hall–Kier alpha value is -3.56. The van der Waals surface area contributed by atoms with Gasteiger partial charge in [-0.3, -0.25) is 20.0 Å². The van der Waals surface area contributed by atoms with Crippen LogP contribution in [0.2, 0.25) is 0 Å². The van der Waals surface area contributed by atoms with Crippen molar-refractivity contribution < 1.29 is 23.1 Å². The molecule has 0 radical (unpaired) electrons. The van der Waals surface area contributed by atoms with Crippen LogP contribution in [0.1, 0.15) is 13.8 Å². The van der Waals surface area contributed by atoms with Crippen LogP contribution in [0.4, 0.5) is 14.5 Å². The summed E-state index contributed by atoms with van der Waals surface area (Å²) in [6.07, 6.45) is 8.48. The Morgan fingerprint density at radius 2 is 1.72 bits per heavy atom. The highest BCUT2D eigenvalue weighted by Crippen LogP contribution is 2.14. The summed E-state index contributed by atoms with van der Waals surface area (Å²) in [6, 6.07) is 15.4. The lowest BCUT2D eigenvalue weighted by atomic mass is 10.1. The van der Waals surface area contributed by atoms with Crippen LogP contribution < -0.4 is 16.5 Å². The topological polar surface area (TPSA) is 104 Å². The first-order valence-corrected chi connectivity index (χ1v) is 12.6. The number of rotatable bonds is 8. The zero-order valence-electron chi connectivity index (χ0n) is 22.8. The van der Waals surface area contributed by atoms with Gasteiger partial charge in [-0.1, -0.05) is 44.2 Å². The van der Waals surface area contributed by atoms with Gasteiger partial charge in [0.05, 0.1) is 12.3 Å². The fourth-order valence-electron chi connectivity index (χ4n) is 3.53. The summed E-state index contributed by atoms with van der Waals surface area (Å²) in [5.41, 5.74) is 8.25. The number of hydrogen-bond donors (Lipinski definition) is 3. The highest BCUT2D eigenvalue weighted by molar-refractivity contribution is 5.79. The van der Waals surface area contributed by atoms with E-state index in [0.717, 1.165) is 63.0 Å². The molecule has 2 aliphatic heterocycles. The fraction of sp³-hybridized carbons (Fsp3) is 0.429. The molecule has 11 heteroatoms. The van der Waals surface area contributed by atoms with Crippen LogP contribution in [0.15, 0.2) is 59.7 Å². The second kappa shape index (κ2) is 19.5. The van der Waals surface area contributed by atoms with Crippen molar-refractivity contribution in [2.45, 2.75) is 26.0 Å². The van der Waals surface area contributed by atoms with Crippen molar-refractivity contribution in [2.24, 2.45) is 16.8 Å². The molecule has 4 N–H and O–H groups in total. The Balaban J connectivity index is 0.000000486. The highest BCUT2D eigenvalue weighted by atomic mass is 19.2. The summed E-state index contributed by atoms with van der Waals surface area (Å²) in [6.45, 7) is 9.53. The smallest absolute Gasteiger partial charge is 0.210 e. The lowest BCUT2D eigenvalue weighted by molar-refractivity contribution is -0.106. The lowest BCUT2D eigenvalue weighted by Gasteiger charge is -2.37. The zero-order chi connectivity index (χ0) is 29.0. The molecule has 0 aliphatic carbocycles. The molecule has 2 heterocycles. The number of likely N-dealkylation sites (tertiary alicyclic amines) is 1. The van der Waals surface area contributed by atoms with E-state index < -0.39 is 11.6 Å². The molecule has 2 fully saturated rings. The Morgan fingerprint density at radius 3 is 2.21 bits per heavy atom. The Bertz CT molecular complexity index is 969. The minimum absolute atomic E-state index is 0.174. The predicted molar refractivity (Wildman–Crippen MR) is 151 cm³/mol. The predicted octanol–water partition coefficient (Wildman–Crippen LogP) is 2.92. The van der Waals surface area contributed by atoms with Crippen molar-refractivity contribution in [3.63, 3.8) is 0 Å². The summed E-state index contributed by atoms with van der Waals surface area (Å²) in [7, 11) is 2.10. The van der Waals surface area contributed by atoms with Crippen molar-refractivity contribution in [3.05, 3.63) is 66.2 Å². The summed E-state index contributed by atoms with van der Waals surface area (Å²) in [5.74, 6) is -0.668. The number of hydroxylamine groups is 2. The van der Waals surface area contributed by atoms with Gasteiger partial charge in [0, 0.05) is 44.7 Å². The molecular weight excluding hydrogens is 506 g/mol. The number of para-hydroxylation sites is 1. The van der Waals surface area contributed by atoms with E-state index in [2.05, 4.69) is 60.2 Å². The van der Waals surface area contributed by atoms with Crippen molar-refractivity contribution in [1.29, 1.82) is 0 Å². The van der Waals surface area contributed by atoms with Gasteiger partial charge in [0.2, 0.25) is 12.3 Å². The minimum Gasteiger partial charge on any atom is -0.473 e. The quantitative estimate of drug-likeness (QED) is 0.154. The molecule has 0 spiro atoms. The number of nitrogens with two attached hydrogens (primary N) is 1. The third-order valence-electron chi connectivity index (χ3n) is 5.58. The van der Waals surface area contributed by atoms with Crippen LogP contribution in [0.25, 0.3) is 0 Å². The first kappa shape index (κ1) is 33.5. The number of amides is 1. The van der Waals surface area contributed by atoms with E-state index in [1.807, 2.05) is 35.4 Å². The highest BCUT2D eigenvalue weighted by Gasteiger charge is 2.29. The number of likely N-dealkylation sites (N-methyl/N-ethyl adjacent to an activating group) is 2. The largest absolute Gasteiger partial charge is 0.473 e. The van der Waals surface area contributed by atoms with Crippen LogP contribution in [0.5, 0.6) is 0 Å². The van der Waals surface area contributed by atoms with Gasteiger partial charge < -0.3 is 15.8 Å². The number of hydrogen-bond acceptors (Lipinski definition) is 8. The Labute approximate surface area is 230 Å². The molecule has 0 aromatic heterocycles. The molecule has 1 amide bonds. The molecular formula is C28H40F2N6O3. The fourth-order valence-corrected chi connectivity index (χ4v) is 3.53. The van der Waals surface area contributed by atoms with Crippen LogP contribution in [-0.2, 0) is 14.4 Å². The first-order chi connectivity index (χ1) is 18.9. The number of carbonyl (C=O) groups excluding carboxylic acids is 1. The number of terminal acetylenes is 1. The van der Waals surface area contributed by atoms with E-state index in [1.54, 1.807) is 0 Å². The van der Waals surface area contributed by atoms with Crippen molar-refractivity contribution in [3.8, 4) is 12.8 Å². The maximum atomic E-state index is 11.9. The van der Waals surface area contributed by atoms with Gasteiger partial charge in [0.1, 0.15) is 6.10 Å². The van der Waals surface area contributed by atoms with Gasteiger partial charge in [-0.15, -0.1) is 17.9 Å². The molecule has 1 unspecified atom stereocenters. The molecule has 2 aromatic carbocycles. The average Bonchev–Trinajstić information content (AvgIpc) is 3.41. The maximum absolute atomic E-state index is 11.9. The van der Waals surface area contributed by atoms with Gasteiger partial charge in [-0.05, 0) is 31.3 Å². The molecule has 2 aromatic rings. The maximum Gasteiger partial charge on any atom is 0.210 e. The van der Waals surface area contributed by atoms with Crippen LogP contribution >= 0.6 is 0 Å². The number of halogens is 2. The summed E-state index contributed by atoms with van der Waals surface area (Å²) in [4.78, 5) is 16.4.